The van der Waals surface area contributed by atoms with Crippen molar-refractivity contribution >= 4 is 17.4 Å². The first kappa shape index (κ1) is 13.0. The maximum atomic E-state index is 12.1. The van der Waals surface area contributed by atoms with Crippen molar-refractivity contribution in [2.24, 2.45) is 4.99 Å². The average Bonchev–Trinajstić information content (AvgIpc) is 3.07. The number of fused-ring (bicyclic) bond motifs is 2. The summed E-state index contributed by atoms with van der Waals surface area (Å²) in [5.41, 5.74) is 4.94. The molecule has 0 aromatic carbocycles. The summed E-state index contributed by atoms with van der Waals surface area (Å²) in [5, 5.41) is 13.9. The van der Waals surface area contributed by atoms with Gasteiger partial charge in [-0.2, -0.15) is 15.0 Å². The van der Waals surface area contributed by atoms with Crippen molar-refractivity contribution in [1.82, 2.24) is 14.8 Å². The fourth-order valence-electron chi connectivity index (χ4n) is 3.22. The average molecular weight is 293 g/mol. The number of hydrogen-bond acceptors (Lipinski definition) is 4. The Balaban J connectivity index is 1.90. The number of rotatable bonds is 1. The Bertz CT molecular complexity index is 838. The molecule has 2 aliphatic rings. The van der Waals surface area contributed by atoms with Gasteiger partial charge >= 0.3 is 0 Å². The van der Waals surface area contributed by atoms with Crippen LogP contribution in [0.1, 0.15) is 47.8 Å². The highest BCUT2D eigenvalue weighted by atomic mass is 16.2. The molecule has 2 aromatic rings. The van der Waals surface area contributed by atoms with Crippen LogP contribution < -0.4 is 0 Å². The van der Waals surface area contributed by atoms with Crippen molar-refractivity contribution in [2.75, 3.05) is 0 Å². The van der Waals surface area contributed by atoms with Crippen LogP contribution in [0.15, 0.2) is 11.1 Å². The number of aromatic nitrogens is 3. The first-order valence-corrected chi connectivity index (χ1v) is 7.49. The Morgan fingerprint density at radius 3 is 2.95 bits per heavy atom. The van der Waals surface area contributed by atoms with Crippen LogP contribution >= 0.6 is 0 Å². The molecule has 1 aliphatic carbocycles. The molecule has 0 spiro atoms. The lowest BCUT2D eigenvalue weighted by Crippen LogP contribution is -2.19. The summed E-state index contributed by atoms with van der Waals surface area (Å²) in [6.45, 7) is 1.79. The molecule has 0 amide bonds. The Labute approximate surface area is 127 Å². The van der Waals surface area contributed by atoms with Crippen LogP contribution in [0.3, 0.4) is 0 Å². The third-order valence-electron chi connectivity index (χ3n) is 4.28. The molecule has 0 bridgehead atoms. The number of aryl methyl sites for hydroxylation is 2. The van der Waals surface area contributed by atoms with Crippen LogP contribution in [0.2, 0.25) is 0 Å². The van der Waals surface area contributed by atoms with Gasteiger partial charge in [-0.15, -0.1) is 0 Å². The van der Waals surface area contributed by atoms with E-state index in [1.807, 2.05) is 0 Å². The van der Waals surface area contributed by atoms with Crippen LogP contribution in [0.4, 0.5) is 5.82 Å². The predicted molar refractivity (Wildman–Crippen MR) is 81.4 cm³/mol. The van der Waals surface area contributed by atoms with Crippen molar-refractivity contribution in [3.8, 4) is 17.5 Å². The third kappa shape index (κ3) is 1.82. The van der Waals surface area contributed by atoms with E-state index >= 15 is 0 Å². The zero-order chi connectivity index (χ0) is 15.3. The summed E-state index contributed by atoms with van der Waals surface area (Å²) >= 11 is 0. The van der Waals surface area contributed by atoms with Crippen molar-refractivity contribution in [3.63, 3.8) is 0 Å². The minimum atomic E-state index is -0.137. The normalized spacial score (nSPS) is 16.7. The topological polar surface area (TPSA) is 86.8 Å². The Kier molecular flexibility index (Phi) is 2.76. The summed E-state index contributed by atoms with van der Waals surface area (Å²) < 4.78 is 1.26. The van der Waals surface area contributed by atoms with Gasteiger partial charge in [0.05, 0.1) is 12.1 Å². The number of nitrogens with zero attached hydrogens (tertiary/aromatic N) is 4. The van der Waals surface area contributed by atoms with Crippen molar-refractivity contribution in [3.05, 3.63) is 22.9 Å². The van der Waals surface area contributed by atoms with Crippen molar-refractivity contribution < 1.29 is 4.79 Å². The van der Waals surface area contributed by atoms with Crippen LogP contribution in [0.5, 0.6) is 0 Å². The second-order valence-electron chi connectivity index (χ2n) is 5.88. The van der Waals surface area contributed by atoms with E-state index < -0.39 is 0 Å². The Morgan fingerprint density at radius 1 is 1.36 bits per heavy atom. The summed E-state index contributed by atoms with van der Waals surface area (Å²) in [7, 11) is 0. The second kappa shape index (κ2) is 4.67. The van der Waals surface area contributed by atoms with Crippen molar-refractivity contribution in [2.45, 2.75) is 39.0 Å². The monoisotopic (exact) mass is 293 g/mol. The molecule has 1 aliphatic heterocycles. The van der Waals surface area contributed by atoms with E-state index in [1.165, 1.54) is 28.8 Å². The number of aliphatic imine (C=N–C) groups is 1. The van der Waals surface area contributed by atoms with Gasteiger partial charge < -0.3 is 4.98 Å². The molecule has 6 heteroatoms. The maximum Gasteiger partial charge on any atom is 0.254 e. The molecule has 3 heterocycles. The van der Waals surface area contributed by atoms with E-state index in [-0.39, 0.29) is 12.3 Å². The SMILES string of the molecule is CC1=Nc2c(C#N)c(-c3cc4c([nH]3)CCCC4)nn2C(=O)C1. The molecule has 110 valence electrons. The van der Waals surface area contributed by atoms with Gasteiger partial charge in [-0.25, -0.2) is 4.99 Å². The molecule has 0 radical (unpaired) electrons. The number of nitrogens with one attached hydrogen (secondary N) is 1. The predicted octanol–water partition coefficient (Wildman–Crippen LogP) is 2.76. The highest BCUT2D eigenvalue weighted by molar-refractivity contribution is 6.05. The summed E-state index contributed by atoms with van der Waals surface area (Å²) in [4.78, 5) is 19.8. The van der Waals surface area contributed by atoms with Crippen LogP contribution in [-0.2, 0) is 12.8 Å². The fraction of sp³-hybridized carbons (Fsp3) is 0.375. The molecule has 6 nitrogen and oxygen atoms in total. The molecule has 1 N–H and O–H groups in total. The van der Waals surface area contributed by atoms with Gasteiger partial charge in [-0.3, -0.25) is 4.79 Å². The quantitative estimate of drug-likeness (QED) is 0.877. The Hall–Kier alpha value is -2.68. The molecule has 2 aromatic heterocycles. The minimum Gasteiger partial charge on any atom is -0.357 e. The number of carbonyl (C=O) groups excluding carboxylic acids is 1. The zero-order valence-corrected chi connectivity index (χ0v) is 12.3. The van der Waals surface area contributed by atoms with Gasteiger partial charge in [-0.05, 0) is 44.2 Å². The molecule has 22 heavy (non-hydrogen) atoms. The molecule has 0 fully saturated rings. The maximum absolute atomic E-state index is 12.1. The standard InChI is InChI=1S/C16H15N5O/c1-9-6-14(22)21-16(18-9)11(8-17)15(20-21)13-7-10-4-2-3-5-12(10)19-13/h7,19H,2-6H2,1H3. The van der Waals surface area contributed by atoms with Gasteiger partial charge in [0.1, 0.15) is 17.3 Å². The van der Waals surface area contributed by atoms with E-state index in [1.54, 1.807) is 6.92 Å². The molecule has 0 saturated heterocycles. The zero-order valence-electron chi connectivity index (χ0n) is 12.3. The summed E-state index contributed by atoms with van der Waals surface area (Å²) in [6, 6.07) is 4.22. The van der Waals surface area contributed by atoms with Crippen LogP contribution in [0, 0.1) is 11.3 Å². The van der Waals surface area contributed by atoms with Crippen LogP contribution in [0.25, 0.3) is 11.4 Å². The first-order chi connectivity index (χ1) is 10.7. The highest BCUT2D eigenvalue weighted by Gasteiger charge is 2.27. The molecule has 0 unspecified atom stereocenters. The number of H-pyrrole nitrogens is 1. The van der Waals surface area contributed by atoms with Crippen molar-refractivity contribution in [1.29, 1.82) is 5.26 Å². The molecule has 4 rings (SSSR count). The van der Waals surface area contributed by atoms with Gasteiger partial charge in [0.2, 0.25) is 0 Å². The Morgan fingerprint density at radius 2 is 2.18 bits per heavy atom. The van der Waals surface area contributed by atoms with Crippen LogP contribution in [-0.4, -0.2) is 26.4 Å². The third-order valence-corrected chi connectivity index (χ3v) is 4.28. The molecule has 0 saturated carbocycles. The van der Waals surface area contributed by atoms with E-state index in [9.17, 15) is 10.1 Å². The minimum absolute atomic E-state index is 0.137. The highest BCUT2D eigenvalue weighted by Crippen LogP contribution is 2.34. The lowest BCUT2D eigenvalue weighted by Gasteiger charge is -2.08. The van der Waals surface area contributed by atoms with Gasteiger partial charge in [0.25, 0.3) is 5.91 Å². The number of carbonyl (C=O) groups is 1. The number of hydrogen-bond donors (Lipinski definition) is 1. The van der Waals surface area contributed by atoms with Gasteiger partial charge in [0, 0.05) is 11.4 Å². The number of aromatic amines is 1. The largest absolute Gasteiger partial charge is 0.357 e. The van der Waals surface area contributed by atoms with Gasteiger partial charge in [-0.1, -0.05) is 0 Å². The fourth-order valence-corrected chi connectivity index (χ4v) is 3.22. The molecular formula is C16H15N5O. The molecule has 0 atom stereocenters. The van der Waals surface area contributed by atoms with E-state index in [4.69, 9.17) is 0 Å². The molecular weight excluding hydrogens is 278 g/mol. The van der Waals surface area contributed by atoms with E-state index in [2.05, 4.69) is 27.2 Å². The van der Waals surface area contributed by atoms with E-state index in [0.29, 0.717) is 22.8 Å². The van der Waals surface area contributed by atoms with E-state index in [0.717, 1.165) is 18.5 Å². The lowest BCUT2D eigenvalue weighted by molar-refractivity contribution is 0.0906. The second-order valence-corrected chi connectivity index (χ2v) is 5.88. The van der Waals surface area contributed by atoms with Gasteiger partial charge in [0.15, 0.2) is 5.82 Å². The summed E-state index contributed by atoms with van der Waals surface area (Å²) in [6.07, 6.45) is 4.70. The first-order valence-electron chi connectivity index (χ1n) is 7.49. The smallest absolute Gasteiger partial charge is 0.254 e. The summed E-state index contributed by atoms with van der Waals surface area (Å²) in [5.74, 6) is 0.223. The number of nitriles is 1. The lowest BCUT2D eigenvalue weighted by atomic mass is 9.98.